The number of carbonyl (C=O) groups excluding carboxylic acids is 1. The maximum Gasteiger partial charge on any atom is 0.315 e. The number of amides is 2. The van der Waals surface area contributed by atoms with E-state index >= 15 is 0 Å². The Hall–Kier alpha value is -1.56. The summed E-state index contributed by atoms with van der Waals surface area (Å²) < 4.78 is 1.79. The van der Waals surface area contributed by atoms with Gasteiger partial charge >= 0.3 is 6.03 Å². The number of urea groups is 1. The highest BCUT2D eigenvalue weighted by molar-refractivity contribution is 5.74. The number of rotatable bonds is 5. The van der Waals surface area contributed by atoms with Crippen molar-refractivity contribution >= 4 is 6.03 Å². The van der Waals surface area contributed by atoms with Crippen LogP contribution in [0.25, 0.3) is 0 Å². The molecule has 1 unspecified atom stereocenters. The molecule has 0 aromatic carbocycles. The van der Waals surface area contributed by atoms with Crippen LogP contribution in [0.4, 0.5) is 4.79 Å². The van der Waals surface area contributed by atoms with Crippen molar-refractivity contribution < 1.29 is 4.79 Å². The van der Waals surface area contributed by atoms with Gasteiger partial charge in [-0.1, -0.05) is 13.8 Å². The van der Waals surface area contributed by atoms with Crippen LogP contribution in [0.3, 0.4) is 0 Å². The zero-order valence-electron chi connectivity index (χ0n) is 15.1. The molecule has 1 aliphatic carbocycles. The van der Waals surface area contributed by atoms with Gasteiger partial charge in [0.15, 0.2) is 0 Å². The predicted octanol–water partition coefficient (Wildman–Crippen LogP) is 2.29. The van der Waals surface area contributed by atoms with Crippen LogP contribution in [0, 0.1) is 5.41 Å². The van der Waals surface area contributed by atoms with Crippen LogP contribution in [-0.4, -0.2) is 47.4 Å². The van der Waals surface area contributed by atoms with Gasteiger partial charge in [-0.2, -0.15) is 5.10 Å². The second kappa shape index (κ2) is 7.34. The Balaban J connectivity index is 1.80. The molecule has 0 aliphatic heterocycles. The summed E-state index contributed by atoms with van der Waals surface area (Å²) in [4.78, 5) is 14.3. The summed E-state index contributed by atoms with van der Waals surface area (Å²) >= 11 is 0. The normalized spacial score (nSPS) is 19.6. The Bertz CT molecular complexity index is 513. The lowest BCUT2D eigenvalue weighted by Gasteiger charge is -2.34. The average Bonchev–Trinajstić information content (AvgIpc) is 2.87. The molecule has 2 rings (SSSR count). The summed E-state index contributed by atoms with van der Waals surface area (Å²) in [6.07, 6.45) is 8.34. The fraction of sp³-hybridized carbons (Fsp3) is 0.765. The molecule has 0 radical (unpaired) electrons. The second-order valence-corrected chi connectivity index (χ2v) is 7.72. The molecule has 6 nitrogen and oxygen atoms in total. The number of likely N-dealkylation sites (N-methyl/N-ethyl adjacent to an activating group) is 1. The first-order valence-electron chi connectivity index (χ1n) is 8.46. The van der Waals surface area contributed by atoms with Crippen molar-refractivity contribution in [3.05, 3.63) is 18.0 Å². The summed E-state index contributed by atoms with van der Waals surface area (Å²) in [5, 5.41) is 10.3. The minimum absolute atomic E-state index is 0.0644. The summed E-state index contributed by atoms with van der Waals surface area (Å²) in [5.74, 6) is 0. The number of nitrogens with one attached hydrogen (secondary N) is 2. The predicted molar refractivity (Wildman–Crippen MR) is 92.2 cm³/mol. The van der Waals surface area contributed by atoms with E-state index < -0.39 is 0 Å². The van der Waals surface area contributed by atoms with Gasteiger partial charge in [0.1, 0.15) is 0 Å². The number of hydrogen-bond donors (Lipinski definition) is 2. The molecule has 1 fully saturated rings. The number of aromatic nitrogens is 2. The molecule has 1 aromatic heterocycles. The van der Waals surface area contributed by atoms with Crippen molar-refractivity contribution in [3.8, 4) is 0 Å². The number of aryl methyl sites for hydroxylation is 1. The molecule has 1 heterocycles. The molecule has 2 amide bonds. The first-order chi connectivity index (χ1) is 10.8. The Kier molecular flexibility index (Phi) is 5.68. The molecule has 130 valence electrons. The monoisotopic (exact) mass is 321 g/mol. The van der Waals surface area contributed by atoms with Crippen LogP contribution in [0.2, 0.25) is 0 Å². The highest BCUT2D eigenvalue weighted by Gasteiger charge is 2.27. The fourth-order valence-electron chi connectivity index (χ4n) is 3.18. The van der Waals surface area contributed by atoms with Crippen molar-refractivity contribution in [3.63, 3.8) is 0 Å². The van der Waals surface area contributed by atoms with Crippen LogP contribution in [0.15, 0.2) is 12.4 Å². The van der Waals surface area contributed by atoms with Crippen molar-refractivity contribution in [2.45, 2.75) is 51.6 Å². The van der Waals surface area contributed by atoms with Crippen LogP contribution in [-0.2, 0) is 7.05 Å². The van der Waals surface area contributed by atoms with E-state index in [4.69, 9.17) is 0 Å². The quantitative estimate of drug-likeness (QED) is 0.875. The van der Waals surface area contributed by atoms with E-state index in [-0.39, 0.29) is 12.1 Å². The molecule has 1 aromatic rings. The molecule has 0 saturated heterocycles. The van der Waals surface area contributed by atoms with Crippen LogP contribution < -0.4 is 10.6 Å². The van der Waals surface area contributed by atoms with Crippen LogP contribution in [0.5, 0.6) is 0 Å². The summed E-state index contributed by atoms with van der Waals surface area (Å²) in [6, 6.07) is 0.365. The number of hydrogen-bond acceptors (Lipinski definition) is 3. The van der Waals surface area contributed by atoms with Crippen molar-refractivity contribution in [1.29, 1.82) is 0 Å². The molecular weight excluding hydrogens is 290 g/mol. The zero-order valence-corrected chi connectivity index (χ0v) is 15.1. The lowest BCUT2D eigenvalue weighted by atomic mass is 9.76. The van der Waals surface area contributed by atoms with Gasteiger partial charge in [0.25, 0.3) is 0 Å². The molecule has 1 aliphatic rings. The molecule has 6 heteroatoms. The van der Waals surface area contributed by atoms with E-state index in [0.717, 1.165) is 18.4 Å². The van der Waals surface area contributed by atoms with Gasteiger partial charge in [0.05, 0.1) is 12.2 Å². The lowest BCUT2D eigenvalue weighted by molar-refractivity contribution is 0.195. The molecule has 2 N–H and O–H groups in total. The first kappa shape index (κ1) is 17.8. The molecule has 23 heavy (non-hydrogen) atoms. The Labute approximate surface area is 139 Å². The minimum Gasteiger partial charge on any atom is -0.336 e. The van der Waals surface area contributed by atoms with Gasteiger partial charge in [0, 0.05) is 31.4 Å². The molecule has 0 bridgehead atoms. The minimum atomic E-state index is -0.0644. The van der Waals surface area contributed by atoms with E-state index in [2.05, 4.69) is 34.5 Å². The maximum atomic E-state index is 12.2. The van der Waals surface area contributed by atoms with Gasteiger partial charge < -0.3 is 15.5 Å². The Morgan fingerprint density at radius 2 is 2.09 bits per heavy atom. The maximum absolute atomic E-state index is 12.2. The van der Waals surface area contributed by atoms with E-state index in [1.807, 2.05) is 33.5 Å². The smallest absolute Gasteiger partial charge is 0.315 e. The zero-order chi connectivity index (χ0) is 17.0. The van der Waals surface area contributed by atoms with E-state index in [0.29, 0.717) is 18.0 Å². The van der Waals surface area contributed by atoms with Crippen molar-refractivity contribution in [1.82, 2.24) is 25.3 Å². The lowest BCUT2D eigenvalue weighted by Crippen LogP contribution is -2.46. The summed E-state index contributed by atoms with van der Waals surface area (Å²) in [5.41, 5.74) is 1.53. The van der Waals surface area contributed by atoms with Crippen molar-refractivity contribution in [2.24, 2.45) is 12.5 Å². The van der Waals surface area contributed by atoms with E-state index in [1.165, 1.54) is 12.8 Å². The highest BCUT2D eigenvalue weighted by Crippen LogP contribution is 2.34. The second-order valence-electron chi connectivity index (χ2n) is 7.72. The topological polar surface area (TPSA) is 62.2 Å². The Morgan fingerprint density at radius 3 is 2.61 bits per heavy atom. The van der Waals surface area contributed by atoms with Crippen LogP contribution >= 0.6 is 0 Å². The largest absolute Gasteiger partial charge is 0.336 e. The SMILES string of the molecule is CN(C)C(CNC(=O)NC1CCC(C)(C)CC1)c1cnn(C)c1. The van der Waals surface area contributed by atoms with Gasteiger partial charge in [0.2, 0.25) is 0 Å². The third kappa shape index (κ3) is 5.23. The number of nitrogens with zero attached hydrogens (tertiary/aromatic N) is 3. The fourth-order valence-corrected chi connectivity index (χ4v) is 3.18. The Morgan fingerprint density at radius 1 is 1.43 bits per heavy atom. The molecule has 1 atom stereocenters. The van der Waals surface area contributed by atoms with Gasteiger partial charge in [-0.05, 0) is 45.2 Å². The average molecular weight is 321 g/mol. The molecular formula is C17H31N5O. The van der Waals surface area contributed by atoms with E-state index in [1.54, 1.807) is 4.68 Å². The third-order valence-electron chi connectivity index (χ3n) is 4.86. The van der Waals surface area contributed by atoms with Gasteiger partial charge in [-0.25, -0.2) is 4.79 Å². The van der Waals surface area contributed by atoms with E-state index in [9.17, 15) is 4.79 Å². The van der Waals surface area contributed by atoms with Crippen molar-refractivity contribution in [2.75, 3.05) is 20.6 Å². The van der Waals surface area contributed by atoms with Crippen LogP contribution in [0.1, 0.15) is 51.1 Å². The highest BCUT2D eigenvalue weighted by atomic mass is 16.2. The molecule has 0 spiro atoms. The standard InChI is InChI=1S/C17H31N5O/c1-17(2)8-6-14(7-9-17)20-16(23)18-11-15(21(3)4)13-10-19-22(5)12-13/h10,12,14-15H,6-9,11H2,1-5H3,(H2,18,20,23). The number of carbonyl (C=O) groups is 1. The summed E-state index contributed by atoms with van der Waals surface area (Å²) in [7, 11) is 5.93. The first-order valence-corrected chi connectivity index (χ1v) is 8.46. The van der Waals surface area contributed by atoms with Gasteiger partial charge in [-0.15, -0.1) is 0 Å². The van der Waals surface area contributed by atoms with Gasteiger partial charge in [-0.3, -0.25) is 4.68 Å². The molecule has 1 saturated carbocycles. The summed E-state index contributed by atoms with van der Waals surface area (Å²) in [6.45, 7) is 5.18. The third-order valence-corrected chi connectivity index (χ3v) is 4.86.